The SMILES string of the molecule is O=C(CC(n1cccn1)C(F)(F)F)N1CCNCC1c1ccccc1. The van der Waals surface area contributed by atoms with Crippen LogP contribution in [0, 0.1) is 0 Å². The molecule has 0 spiro atoms. The topological polar surface area (TPSA) is 50.2 Å². The average molecular weight is 352 g/mol. The molecule has 5 nitrogen and oxygen atoms in total. The quantitative estimate of drug-likeness (QED) is 0.920. The van der Waals surface area contributed by atoms with Gasteiger partial charge in [-0.05, 0) is 11.6 Å². The van der Waals surface area contributed by atoms with Gasteiger partial charge in [0, 0.05) is 32.0 Å². The Morgan fingerprint density at radius 3 is 2.68 bits per heavy atom. The van der Waals surface area contributed by atoms with Crippen LogP contribution in [-0.2, 0) is 4.79 Å². The van der Waals surface area contributed by atoms with E-state index in [4.69, 9.17) is 0 Å². The number of hydrogen-bond acceptors (Lipinski definition) is 3. The summed E-state index contributed by atoms with van der Waals surface area (Å²) < 4.78 is 41.0. The molecule has 1 amide bonds. The van der Waals surface area contributed by atoms with Crippen molar-refractivity contribution in [1.29, 1.82) is 0 Å². The summed E-state index contributed by atoms with van der Waals surface area (Å²) in [4.78, 5) is 14.2. The molecule has 134 valence electrons. The summed E-state index contributed by atoms with van der Waals surface area (Å²) in [5.41, 5.74) is 0.908. The van der Waals surface area contributed by atoms with Crippen molar-refractivity contribution in [2.24, 2.45) is 0 Å². The van der Waals surface area contributed by atoms with Crippen LogP contribution >= 0.6 is 0 Å². The first kappa shape index (κ1) is 17.5. The Morgan fingerprint density at radius 2 is 2.04 bits per heavy atom. The van der Waals surface area contributed by atoms with Gasteiger partial charge in [0.1, 0.15) is 0 Å². The largest absolute Gasteiger partial charge is 0.411 e. The first-order valence-electron chi connectivity index (χ1n) is 8.08. The second kappa shape index (κ2) is 7.26. The summed E-state index contributed by atoms with van der Waals surface area (Å²) in [6, 6.07) is 8.53. The number of aromatic nitrogens is 2. The van der Waals surface area contributed by atoms with Crippen LogP contribution < -0.4 is 5.32 Å². The fourth-order valence-corrected chi connectivity index (χ4v) is 3.08. The van der Waals surface area contributed by atoms with Gasteiger partial charge in [0.15, 0.2) is 6.04 Å². The van der Waals surface area contributed by atoms with Gasteiger partial charge in [-0.3, -0.25) is 9.48 Å². The fourth-order valence-electron chi connectivity index (χ4n) is 3.08. The number of piperazine rings is 1. The van der Waals surface area contributed by atoms with E-state index in [1.54, 1.807) is 0 Å². The fraction of sp³-hybridized carbons (Fsp3) is 0.412. The van der Waals surface area contributed by atoms with E-state index in [2.05, 4.69) is 10.4 Å². The lowest BCUT2D eigenvalue weighted by Gasteiger charge is -2.37. The minimum absolute atomic E-state index is 0.269. The number of rotatable bonds is 4. The summed E-state index contributed by atoms with van der Waals surface area (Å²) in [5.74, 6) is -0.520. The van der Waals surface area contributed by atoms with Gasteiger partial charge in [0.05, 0.1) is 12.5 Å². The van der Waals surface area contributed by atoms with Crippen molar-refractivity contribution in [2.75, 3.05) is 19.6 Å². The Morgan fingerprint density at radius 1 is 1.28 bits per heavy atom. The normalized spacial score (nSPS) is 19.6. The van der Waals surface area contributed by atoms with Crippen LogP contribution in [0.5, 0.6) is 0 Å². The molecule has 0 radical (unpaired) electrons. The molecule has 2 heterocycles. The van der Waals surface area contributed by atoms with E-state index in [9.17, 15) is 18.0 Å². The maximum absolute atomic E-state index is 13.4. The molecule has 0 saturated carbocycles. The number of hydrogen-bond donors (Lipinski definition) is 1. The standard InChI is InChI=1S/C17H19F3N4O/c18-17(19,20)15(24-9-4-7-22-24)11-16(25)23-10-8-21-12-14(23)13-5-2-1-3-6-13/h1-7,9,14-15,21H,8,10-12H2. The molecular weight excluding hydrogens is 333 g/mol. The second-order valence-electron chi connectivity index (χ2n) is 5.97. The Labute approximate surface area is 143 Å². The number of benzene rings is 1. The molecule has 2 unspecified atom stereocenters. The molecule has 2 aromatic rings. The van der Waals surface area contributed by atoms with Crippen molar-refractivity contribution in [3.05, 3.63) is 54.4 Å². The molecule has 0 aliphatic carbocycles. The number of carbonyl (C=O) groups excluding carboxylic acids is 1. The van der Waals surface area contributed by atoms with Gasteiger partial charge < -0.3 is 10.2 Å². The average Bonchev–Trinajstić information content (AvgIpc) is 3.13. The highest BCUT2D eigenvalue weighted by molar-refractivity contribution is 5.77. The third-order valence-corrected chi connectivity index (χ3v) is 4.34. The minimum Gasteiger partial charge on any atom is -0.333 e. The maximum Gasteiger partial charge on any atom is 0.411 e. The summed E-state index contributed by atoms with van der Waals surface area (Å²) in [7, 11) is 0. The Kier molecular flexibility index (Phi) is 5.08. The summed E-state index contributed by atoms with van der Waals surface area (Å²) in [5, 5.41) is 6.87. The summed E-state index contributed by atoms with van der Waals surface area (Å²) >= 11 is 0. The molecular formula is C17H19F3N4O. The third-order valence-electron chi connectivity index (χ3n) is 4.34. The number of alkyl halides is 3. The van der Waals surface area contributed by atoms with Crippen LogP contribution in [-0.4, -0.2) is 46.4 Å². The van der Waals surface area contributed by atoms with Gasteiger partial charge in [-0.1, -0.05) is 30.3 Å². The minimum atomic E-state index is -4.54. The van der Waals surface area contributed by atoms with Crippen LogP contribution in [0.15, 0.2) is 48.8 Å². The number of carbonyl (C=O) groups is 1. The van der Waals surface area contributed by atoms with Crippen LogP contribution in [0.3, 0.4) is 0 Å². The van der Waals surface area contributed by atoms with Crippen LogP contribution in [0.4, 0.5) is 13.2 Å². The molecule has 0 bridgehead atoms. The van der Waals surface area contributed by atoms with Gasteiger partial charge >= 0.3 is 6.18 Å². The highest BCUT2D eigenvalue weighted by Gasteiger charge is 2.44. The van der Waals surface area contributed by atoms with Crippen molar-refractivity contribution < 1.29 is 18.0 Å². The van der Waals surface area contributed by atoms with Crippen molar-refractivity contribution >= 4 is 5.91 Å². The van der Waals surface area contributed by atoms with Gasteiger partial charge in [0.2, 0.25) is 5.91 Å². The molecule has 1 aromatic carbocycles. The van der Waals surface area contributed by atoms with E-state index in [1.165, 1.54) is 23.4 Å². The molecule has 1 aliphatic rings. The summed E-state index contributed by atoms with van der Waals surface area (Å²) in [6.07, 6.45) is -2.69. The molecule has 1 N–H and O–H groups in total. The molecule has 1 aliphatic heterocycles. The Hall–Kier alpha value is -2.35. The van der Waals surface area contributed by atoms with E-state index in [0.717, 1.165) is 10.2 Å². The molecule has 2 atom stereocenters. The molecule has 8 heteroatoms. The molecule has 25 heavy (non-hydrogen) atoms. The van der Waals surface area contributed by atoms with E-state index < -0.39 is 24.5 Å². The molecule has 1 fully saturated rings. The van der Waals surface area contributed by atoms with Crippen LogP contribution in [0.1, 0.15) is 24.1 Å². The third kappa shape index (κ3) is 4.01. The smallest absolute Gasteiger partial charge is 0.333 e. The number of halogens is 3. The first-order valence-corrected chi connectivity index (χ1v) is 8.08. The predicted octanol–water partition coefficient (Wildman–Crippen LogP) is 2.55. The summed E-state index contributed by atoms with van der Waals surface area (Å²) in [6.45, 7) is 1.46. The zero-order valence-electron chi connectivity index (χ0n) is 13.5. The van der Waals surface area contributed by atoms with Crippen molar-refractivity contribution in [3.63, 3.8) is 0 Å². The Balaban J connectivity index is 1.80. The highest BCUT2D eigenvalue weighted by atomic mass is 19.4. The lowest BCUT2D eigenvalue weighted by Crippen LogP contribution is -2.49. The molecule has 1 aromatic heterocycles. The zero-order valence-corrected chi connectivity index (χ0v) is 13.5. The van der Waals surface area contributed by atoms with E-state index in [1.807, 2.05) is 30.3 Å². The number of amides is 1. The predicted molar refractivity (Wildman–Crippen MR) is 85.7 cm³/mol. The van der Waals surface area contributed by atoms with Crippen molar-refractivity contribution in [2.45, 2.75) is 24.7 Å². The lowest BCUT2D eigenvalue weighted by atomic mass is 10.0. The van der Waals surface area contributed by atoms with Crippen LogP contribution in [0.2, 0.25) is 0 Å². The van der Waals surface area contributed by atoms with Gasteiger partial charge in [0.25, 0.3) is 0 Å². The van der Waals surface area contributed by atoms with Crippen molar-refractivity contribution in [3.8, 4) is 0 Å². The number of nitrogens with one attached hydrogen (secondary N) is 1. The number of nitrogens with zero attached hydrogens (tertiary/aromatic N) is 3. The van der Waals surface area contributed by atoms with E-state index in [-0.39, 0.29) is 6.04 Å². The van der Waals surface area contributed by atoms with E-state index in [0.29, 0.717) is 19.6 Å². The van der Waals surface area contributed by atoms with E-state index >= 15 is 0 Å². The van der Waals surface area contributed by atoms with Gasteiger partial charge in [-0.25, -0.2) is 0 Å². The lowest BCUT2D eigenvalue weighted by molar-refractivity contribution is -0.178. The van der Waals surface area contributed by atoms with Gasteiger partial charge in [-0.15, -0.1) is 0 Å². The second-order valence-corrected chi connectivity index (χ2v) is 5.97. The molecule has 1 saturated heterocycles. The Bertz CT molecular complexity index is 688. The van der Waals surface area contributed by atoms with Crippen molar-refractivity contribution in [1.82, 2.24) is 20.0 Å². The molecule has 3 rings (SSSR count). The monoisotopic (exact) mass is 352 g/mol. The highest BCUT2D eigenvalue weighted by Crippen LogP contribution is 2.34. The first-order chi connectivity index (χ1) is 12.0. The van der Waals surface area contributed by atoms with Gasteiger partial charge in [-0.2, -0.15) is 18.3 Å². The zero-order chi connectivity index (χ0) is 17.9. The maximum atomic E-state index is 13.4. The van der Waals surface area contributed by atoms with Crippen LogP contribution in [0.25, 0.3) is 0 Å².